The molecule has 0 radical (unpaired) electrons. The van der Waals surface area contributed by atoms with Crippen LogP contribution in [0.4, 0.5) is 0 Å². The minimum absolute atomic E-state index is 0.132. The van der Waals surface area contributed by atoms with Gasteiger partial charge in [0.15, 0.2) is 0 Å². The minimum atomic E-state index is -0.298. The molecule has 1 aromatic carbocycles. The second kappa shape index (κ2) is 5.12. The highest BCUT2D eigenvalue weighted by molar-refractivity contribution is 5.95. The van der Waals surface area contributed by atoms with E-state index in [0.717, 1.165) is 12.0 Å². The molecule has 86 valence electrons. The smallest absolute Gasteiger partial charge is 0.271 e. The van der Waals surface area contributed by atoms with E-state index in [9.17, 15) is 4.79 Å². The third-order valence-electron chi connectivity index (χ3n) is 2.33. The number of carbonyl (C=O) groups excluding carboxylic acids is 1. The molecule has 2 rings (SSSR count). The van der Waals surface area contributed by atoms with Gasteiger partial charge < -0.3 is 5.11 Å². The molecule has 0 atom stereocenters. The van der Waals surface area contributed by atoms with Crippen LogP contribution >= 0.6 is 0 Å². The van der Waals surface area contributed by atoms with Gasteiger partial charge in [-0.15, -0.1) is 0 Å². The van der Waals surface area contributed by atoms with Crippen LogP contribution in [0.3, 0.4) is 0 Å². The average Bonchev–Trinajstić information content (AvgIpc) is 2.83. The highest BCUT2D eigenvalue weighted by Gasteiger charge is 2.03. The fourth-order valence-corrected chi connectivity index (χ4v) is 1.41. The largest absolute Gasteiger partial charge is 0.508 e. The molecular weight excluding hydrogens is 216 g/mol. The van der Waals surface area contributed by atoms with E-state index < -0.39 is 0 Å². The lowest BCUT2D eigenvalue weighted by atomic mass is 10.2. The van der Waals surface area contributed by atoms with Crippen LogP contribution in [-0.4, -0.2) is 17.2 Å². The number of amides is 1. The number of rotatable bonds is 3. The van der Waals surface area contributed by atoms with Crippen LogP contribution in [0.15, 0.2) is 53.2 Å². The Balaban J connectivity index is 1.91. The Morgan fingerprint density at radius 1 is 1.35 bits per heavy atom. The van der Waals surface area contributed by atoms with Gasteiger partial charge in [-0.25, -0.2) is 5.43 Å². The first-order valence-corrected chi connectivity index (χ1v) is 5.24. The summed E-state index contributed by atoms with van der Waals surface area (Å²) >= 11 is 0. The Hall–Kier alpha value is -2.36. The van der Waals surface area contributed by atoms with Crippen molar-refractivity contribution in [3.05, 3.63) is 53.6 Å². The Bertz CT molecular complexity index is 499. The molecule has 0 bridgehead atoms. The van der Waals surface area contributed by atoms with E-state index in [1.54, 1.807) is 6.21 Å². The molecule has 17 heavy (non-hydrogen) atoms. The van der Waals surface area contributed by atoms with E-state index in [1.165, 1.54) is 24.3 Å². The van der Waals surface area contributed by atoms with Crippen LogP contribution in [-0.2, 0) is 0 Å². The van der Waals surface area contributed by atoms with Crippen molar-refractivity contribution in [2.24, 2.45) is 5.10 Å². The van der Waals surface area contributed by atoms with Gasteiger partial charge >= 0.3 is 0 Å². The van der Waals surface area contributed by atoms with E-state index in [4.69, 9.17) is 5.11 Å². The first kappa shape index (κ1) is 11.1. The Morgan fingerprint density at radius 3 is 2.76 bits per heavy atom. The molecule has 4 heteroatoms. The topological polar surface area (TPSA) is 61.7 Å². The van der Waals surface area contributed by atoms with Crippen LogP contribution in [0.1, 0.15) is 16.8 Å². The van der Waals surface area contributed by atoms with Crippen molar-refractivity contribution in [3.8, 4) is 5.75 Å². The molecule has 2 N–H and O–H groups in total. The first-order valence-electron chi connectivity index (χ1n) is 5.24. The lowest BCUT2D eigenvalue weighted by Crippen LogP contribution is -2.17. The van der Waals surface area contributed by atoms with Crippen molar-refractivity contribution in [1.29, 1.82) is 0 Å². The Labute approximate surface area is 99.0 Å². The number of phenols is 1. The minimum Gasteiger partial charge on any atom is -0.508 e. The van der Waals surface area contributed by atoms with Gasteiger partial charge in [0.25, 0.3) is 5.91 Å². The summed E-state index contributed by atoms with van der Waals surface area (Å²) in [6.45, 7) is 0. The van der Waals surface area contributed by atoms with Gasteiger partial charge in [-0.3, -0.25) is 4.79 Å². The number of nitrogens with zero attached hydrogens (tertiary/aromatic N) is 1. The second-order valence-corrected chi connectivity index (χ2v) is 3.62. The number of hydrogen-bond donors (Lipinski definition) is 2. The molecule has 0 fully saturated rings. The van der Waals surface area contributed by atoms with Gasteiger partial charge in [-0.05, 0) is 36.3 Å². The van der Waals surface area contributed by atoms with E-state index in [2.05, 4.69) is 10.5 Å². The van der Waals surface area contributed by atoms with Gasteiger partial charge in [-0.2, -0.15) is 5.10 Å². The van der Waals surface area contributed by atoms with Gasteiger partial charge in [0.1, 0.15) is 5.75 Å². The molecule has 4 nitrogen and oxygen atoms in total. The van der Waals surface area contributed by atoms with Gasteiger partial charge in [-0.1, -0.05) is 18.2 Å². The molecule has 0 saturated heterocycles. The maximum absolute atomic E-state index is 11.6. The Morgan fingerprint density at radius 2 is 2.12 bits per heavy atom. The summed E-state index contributed by atoms with van der Waals surface area (Å²) in [4.78, 5) is 11.6. The molecule has 1 aliphatic rings. The highest BCUT2D eigenvalue weighted by atomic mass is 16.3. The third-order valence-corrected chi connectivity index (χ3v) is 2.33. The molecule has 0 aromatic heterocycles. The zero-order valence-electron chi connectivity index (χ0n) is 9.13. The number of hydrazone groups is 1. The molecule has 1 aromatic rings. The molecule has 0 heterocycles. The molecule has 0 spiro atoms. The standard InChI is InChI=1S/C13H12N2O2/c16-12-7-5-11(6-8-12)13(17)15-14-9-10-3-1-2-4-10/h1-3,5-9,16H,4H2,(H,15,17)/b14-9+. The molecule has 0 saturated carbocycles. The quantitative estimate of drug-likeness (QED) is 0.614. The van der Waals surface area contributed by atoms with Crippen molar-refractivity contribution in [1.82, 2.24) is 5.43 Å². The van der Waals surface area contributed by atoms with Crippen LogP contribution in [0.25, 0.3) is 0 Å². The van der Waals surface area contributed by atoms with Crippen LogP contribution in [0.2, 0.25) is 0 Å². The SMILES string of the molecule is O=C(N/N=C/C1=CC=CC1)c1ccc(O)cc1. The van der Waals surface area contributed by atoms with Crippen molar-refractivity contribution in [2.45, 2.75) is 6.42 Å². The Kier molecular flexibility index (Phi) is 3.35. The third kappa shape index (κ3) is 3.04. The van der Waals surface area contributed by atoms with Crippen molar-refractivity contribution in [2.75, 3.05) is 0 Å². The number of hydrogen-bond acceptors (Lipinski definition) is 3. The first-order chi connectivity index (χ1) is 8.25. The number of allylic oxidation sites excluding steroid dienone is 4. The van der Waals surface area contributed by atoms with E-state index in [-0.39, 0.29) is 11.7 Å². The predicted molar refractivity (Wildman–Crippen MR) is 65.9 cm³/mol. The lowest BCUT2D eigenvalue weighted by molar-refractivity contribution is 0.0955. The van der Waals surface area contributed by atoms with E-state index in [1.807, 2.05) is 18.2 Å². The zero-order valence-corrected chi connectivity index (χ0v) is 9.13. The average molecular weight is 228 g/mol. The maximum Gasteiger partial charge on any atom is 0.271 e. The molecule has 1 amide bonds. The monoisotopic (exact) mass is 228 g/mol. The summed E-state index contributed by atoms with van der Waals surface area (Å²) in [5, 5.41) is 12.9. The molecule has 0 aliphatic heterocycles. The summed E-state index contributed by atoms with van der Waals surface area (Å²) < 4.78 is 0. The molecule has 0 unspecified atom stereocenters. The summed E-state index contributed by atoms with van der Waals surface area (Å²) in [7, 11) is 0. The normalized spacial score (nSPS) is 14.0. The number of aromatic hydroxyl groups is 1. The number of phenolic OH excluding ortho intramolecular Hbond substituents is 1. The lowest BCUT2D eigenvalue weighted by Gasteiger charge is -1.99. The zero-order chi connectivity index (χ0) is 12.1. The van der Waals surface area contributed by atoms with Crippen LogP contribution < -0.4 is 5.43 Å². The summed E-state index contributed by atoms with van der Waals surface area (Å²) in [6.07, 6.45) is 8.37. The van der Waals surface area contributed by atoms with Crippen LogP contribution in [0.5, 0.6) is 5.75 Å². The molecule has 1 aliphatic carbocycles. The van der Waals surface area contributed by atoms with Gasteiger partial charge in [0.05, 0.1) is 6.21 Å². The van der Waals surface area contributed by atoms with Gasteiger partial charge in [0.2, 0.25) is 0 Å². The number of benzene rings is 1. The fraction of sp³-hybridized carbons (Fsp3) is 0.0769. The van der Waals surface area contributed by atoms with Crippen molar-refractivity contribution in [3.63, 3.8) is 0 Å². The van der Waals surface area contributed by atoms with Crippen molar-refractivity contribution < 1.29 is 9.90 Å². The highest BCUT2D eigenvalue weighted by Crippen LogP contribution is 2.09. The summed E-state index contributed by atoms with van der Waals surface area (Å²) in [6, 6.07) is 6.00. The van der Waals surface area contributed by atoms with Crippen LogP contribution in [0, 0.1) is 0 Å². The van der Waals surface area contributed by atoms with Gasteiger partial charge in [0, 0.05) is 5.56 Å². The van der Waals surface area contributed by atoms with Crippen molar-refractivity contribution >= 4 is 12.1 Å². The summed E-state index contributed by atoms with van der Waals surface area (Å²) in [5.41, 5.74) is 3.93. The molecular formula is C13H12N2O2. The fourth-order valence-electron chi connectivity index (χ4n) is 1.41. The predicted octanol–water partition coefficient (Wildman–Crippen LogP) is 1.99. The van der Waals surface area contributed by atoms with E-state index >= 15 is 0 Å². The number of carbonyl (C=O) groups is 1. The maximum atomic E-state index is 11.6. The second-order valence-electron chi connectivity index (χ2n) is 3.62. The summed E-state index contributed by atoms with van der Waals surface area (Å²) in [5.74, 6) is -0.167. The number of nitrogens with one attached hydrogen (secondary N) is 1. The van der Waals surface area contributed by atoms with E-state index in [0.29, 0.717) is 5.56 Å².